The van der Waals surface area contributed by atoms with Crippen molar-refractivity contribution in [2.24, 2.45) is 0 Å². The number of carbonyl (C=O) groups excluding carboxylic acids is 1. The smallest absolute Gasteiger partial charge is 0.466 e. The molecule has 12 heteroatoms. The molecule has 7 nitrogen and oxygen atoms in total. The zero-order valence-corrected chi connectivity index (χ0v) is 11.4. The summed E-state index contributed by atoms with van der Waals surface area (Å²) in [5, 5.41) is 10.8. The molecule has 0 aliphatic heterocycles. The van der Waals surface area contributed by atoms with Gasteiger partial charge in [0, 0.05) is 11.1 Å². The van der Waals surface area contributed by atoms with Gasteiger partial charge in [-0.25, -0.2) is 8.78 Å². The Morgan fingerprint density at radius 1 is 1.43 bits per heavy atom. The van der Waals surface area contributed by atoms with Crippen LogP contribution in [0.5, 0.6) is 5.88 Å². The number of hydrogen-bond donors (Lipinski definition) is 0. The Hall–Kier alpha value is -2.53. The lowest BCUT2D eigenvalue weighted by molar-refractivity contribution is -0.391. The largest absolute Gasteiger partial charge is 0.575 e. The minimum atomic E-state index is -5.24. The monoisotopic (exact) mass is 344 g/mol. The first kappa shape index (κ1) is 18.5. The average Bonchev–Trinajstić information content (AvgIpc) is 2.35. The number of hydrogen-bond acceptors (Lipinski definition) is 6. The zero-order valence-electron chi connectivity index (χ0n) is 11.4. The van der Waals surface area contributed by atoms with Gasteiger partial charge in [-0.15, -0.1) is 13.2 Å². The fourth-order valence-corrected chi connectivity index (χ4v) is 1.63. The van der Waals surface area contributed by atoms with Gasteiger partial charge in [0.2, 0.25) is 0 Å². The van der Waals surface area contributed by atoms with E-state index in [1.165, 1.54) is 6.92 Å². The fourth-order valence-electron chi connectivity index (χ4n) is 1.63. The number of halogens is 5. The van der Waals surface area contributed by atoms with Crippen LogP contribution in [-0.4, -0.2) is 28.8 Å². The van der Waals surface area contributed by atoms with Crippen LogP contribution in [0, 0.1) is 10.1 Å². The quantitative estimate of drug-likeness (QED) is 0.341. The summed E-state index contributed by atoms with van der Waals surface area (Å²) >= 11 is 0. The van der Waals surface area contributed by atoms with Crippen LogP contribution in [-0.2, 0) is 16.0 Å². The third-order valence-corrected chi connectivity index (χ3v) is 2.35. The first-order chi connectivity index (χ1) is 10.5. The SMILES string of the molecule is CCOC(=O)Cc1cc(OC(F)(F)F)nc([N+](=O)[O-])c1C(F)F. The van der Waals surface area contributed by atoms with E-state index in [-0.39, 0.29) is 6.61 Å². The molecule has 0 spiro atoms. The van der Waals surface area contributed by atoms with Crippen LogP contribution in [0.3, 0.4) is 0 Å². The Balaban J connectivity index is 3.42. The topological polar surface area (TPSA) is 91.6 Å². The molecule has 0 aliphatic carbocycles. The van der Waals surface area contributed by atoms with Crippen LogP contribution >= 0.6 is 0 Å². The van der Waals surface area contributed by atoms with Crippen molar-refractivity contribution in [3.63, 3.8) is 0 Å². The first-order valence-corrected chi connectivity index (χ1v) is 5.92. The summed E-state index contributed by atoms with van der Waals surface area (Å²) in [6, 6.07) is 0.388. The van der Waals surface area contributed by atoms with Crippen molar-refractivity contribution in [2.45, 2.75) is 26.1 Å². The van der Waals surface area contributed by atoms with Crippen LogP contribution in [0.15, 0.2) is 6.07 Å². The molecule has 0 N–H and O–H groups in total. The molecule has 1 rings (SSSR count). The number of alkyl halides is 5. The summed E-state index contributed by atoms with van der Waals surface area (Å²) in [6.45, 7) is 1.31. The van der Waals surface area contributed by atoms with Crippen LogP contribution < -0.4 is 4.74 Å². The normalized spacial score (nSPS) is 11.4. The number of nitro groups is 1. The Morgan fingerprint density at radius 2 is 2.04 bits per heavy atom. The van der Waals surface area contributed by atoms with Crippen LogP contribution in [0.2, 0.25) is 0 Å². The first-order valence-electron chi connectivity index (χ1n) is 5.92. The van der Waals surface area contributed by atoms with Crippen molar-refractivity contribution < 1.29 is 41.1 Å². The number of nitrogens with zero attached hydrogens (tertiary/aromatic N) is 2. The summed E-state index contributed by atoms with van der Waals surface area (Å²) in [4.78, 5) is 23.5. The summed E-state index contributed by atoms with van der Waals surface area (Å²) in [5.74, 6) is -3.90. The summed E-state index contributed by atoms with van der Waals surface area (Å²) in [7, 11) is 0. The summed E-state index contributed by atoms with van der Waals surface area (Å²) in [6.07, 6.45) is -9.58. The molecule has 0 saturated carbocycles. The molecular weight excluding hydrogens is 335 g/mol. The van der Waals surface area contributed by atoms with Crippen molar-refractivity contribution in [1.82, 2.24) is 4.98 Å². The maximum Gasteiger partial charge on any atom is 0.575 e. The molecule has 0 radical (unpaired) electrons. The summed E-state index contributed by atoms with van der Waals surface area (Å²) in [5.41, 5.74) is -2.00. The van der Waals surface area contributed by atoms with Gasteiger partial charge in [-0.3, -0.25) is 4.79 Å². The van der Waals surface area contributed by atoms with Gasteiger partial charge in [-0.05, 0) is 17.4 Å². The van der Waals surface area contributed by atoms with Crippen molar-refractivity contribution in [3.05, 3.63) is 27.3 Å². The molecule has 0 unspecified atom stereocenters. The van der Waals surface area contributed by atoms with E-state index < -0.39 is 52.9 Å². The second-order valence-corrected chi connectivity index (χ2v) is 3.94. The van der Waals surface area contributed by atoms with E-state index in [1.807, 2.05) is 0 Å². The number of esters is 1. The minimum Gasteiger partial charge on any atom is -0.466 e. The van der Waals surface area contributed by atoms with Crippen molar-refractivity contribution >= 4 is 11.8 Å². The maximum absolute atomic E-state index is 13.0. The Labute approximate surface area is 125 Å². The van der Waals surface area contributed by atoms with E-state index in [0.29, 0.717) is 6.07 Å². The number of pyridine rings is 1. The highest BCUT2D eigenvalue weighted by molar-refractivity contribution is 5.73. The van der Waals surface area contributed by atoms with E-state index in [1.54, 1.807) is 0 Å². The Bertz CT molecular complexity index is 605. The van der Waals surface area contributed by atoms with Gasteiger partial charge in [0.25, 0.3) is 6.43 Å². The van der Waals surface area contributed by atoms with Crippen molar-refractivity contribution in [2.75, 3.05) is 6.61 Å². The standard InChI is InChI=1S/C11H9F5N2O5/c1-2-22-7(19)4-5-3-6(23-11(14,15)16)17-10(18(20)21)8(5)9(12)13/h3,9H,2,4H2,1H3. The third-order valence-electron chi connectivity index (χ3n) is 2.35. The molecule has 128 valence electrons. The lowest BCUT2D eigenvalue weighted by Crippen LogP contribution is -2.19. The van der Waals surface area contributed by atoms with Gasteiger partial charge < -0.3 is 19.6 Å². The van der Waals surface area contributed by atoms with Gasteiger partial charge >= 0.3 is 24.0 Å². The second kappa shape index (κ2) is 7.15. The lowest BCUT2D eigenvalue weighted by atomic mass is 10.1. The molecule has 1 aromatic rings. The minimum absolute atomic E-state index is 0.109. The molecule has 1 heterocycles. The van der Waals surface area contributed by atoms with Gasteiger partial charge in [0.15, 0.2) is 0 Å². The number of rotatable bonds is 6. The molecule has 0 saturated heterocycles. The van der Waals surface area contributed by atoms with Crippen molar-refractivity contribution in [1.29, 1.82) is 0 Å². The number of aromatic nitrogens is 1. The van der Waals surface area contributed by atoms with Gasteiger partial charge in [-0.2, -0.15) is 0 Å². The lowest BCUT2D eigenvalue weighted by Gasteiger charge is -2.11. The Morgan fingerprint density at radius 3 is 2.48 bits per heavy atom. The Kier molecular flexibility index (Phi) is 5.76. The molecule has 0 amide bonds. The highest BCUT2D eigenvalue weighted by Crippen LogP contribution is 2.35. The highest BCUT2D eigenvalue weighted by atomic mass is 19.4. The van der Waals surface area contributed by atoms with E-state index >= 15 is 0 Å². The van der Waals surface area contributed by atoms with Gasteiger partial charge in [-0.1, -0.05) is 0 Å². The summed E-state index contributed by atoms with van der Waals surface area (Å²) < 4.78 is 70.4. The van der Waals surface area contributed by atoms with Crippen LogP contribution in [0.25, 0.3) is 0 Å². The molecular formula is C11H9F5N2O5. The molecule has 0 aliphatic rings. The van der Waals surface area contributed by atoms with Gasteiger partial charge in [0.1, 0.15) is 5.56 Å². The molecule has 0 fully saturated rings. The molecule has 1 aromatic heterocycles. The average molecular weight is 344 g/mol. The predicted octanol–water partition coefficient (Wildman–Crippen LogP) is 2.93. The third kappa shape index (κ3) is 5.30. The van der Waals surface area contributed by atoms with E-state index in [0.717, 1.165) is 0 Å². The van der Waals surface area contributed by atoms with Crippen LogP contribution in [0.4, 0.5) is 27.8 Å². The number of ether oxygens (including phenoxy) is 2. The van der Waals surface area contributed by atoms with E-state index in [9.17, 15) is 36.9 Å². The zero-order chi connectivity index (χ0) is 17.8. The highest BCUT2D eigenvalue weighted by Gasteiger charge is 2.37. The van der Waals surface area contributed by atoms with Gasteiger partial charge in [0.05, 0.1) is 13.0 Å². The van der Waals surface area contributed by atoms with Crippen LogP contribution in [0.1, 0.15) is 24.5 Å². The molecule has 0 aromatic carbocycles. The maximum atomic E-state index is 13.0. The second-order valence-electron chi connectivity index (χ2n) is 3.94. The predicted molar refractivity (Wildman–Crippen MR) is 62.9 cm³/mol. The molecule has 23 heavy (non-hydrogen) atoms. The van der Waals surface area contributed by atoms with E-state index in [4.69, 9.17) is 0 Å². The fraction of sp³-hybridized carbons (Fsp3) is 0.455. The number of carbonyl (C=O) groups is 1. The van der Waals surface area contributed by atoms with Crippen molar-refractivity contribution in [3.8, 4) is 5.88 Å². The van der Waals surface area contributed by atoms with E-state index in [2.05, 4.69) is 14.5 Å². The molecule has 0 atom stereocenters. The molecule has 0 bridgehead atoms.